The predicted octanol–water partition coefficient (Wildman–Crippen LogP) is 2.32. The molecule has 3 heterocycles. The molecule has 35 heavy (non-hydrogen) atoms. The molecule has 1 aliphatic heterocycles. The molecule has 5 rings (SSSR count). The fourth-order valence-electron chi connectivity index (χ4n) is 4.54. The molecule has 12 heteroatoms. The lowest BCUT2D eigenvalue weighted by Gasteiger charge is -2.43. The Morgan fingerprint density at radius 2 is 1.97 bits per heavy atom. The van der Waals surface area contributed by atoms with Crippen LogP contribution >= 0.6 is 0 Å². The van der Waals surface area contributed by atoms with Crippen LogP contribution in [0, 0.1) is 17.5 Å². The Kier molecular flexibility index (Phi) is 6.16. The summed E-state index contributed by atoms with van der Waals surface area (Å²) < 4.78 is 59.7. The van der Waals surface area contributed by atoms with Gasteiger partial charge in [-0.25, -0.2) is 17.9 Å². The Bertz CT molecular complexity index is 1210. The number of aromatic nitrogens is 4. The number of rotatable bonds is 7. The molecule has 188 valence electrons. The zero-order chi connectivity index (χ0) is 24.9. The van der Waals surface area contributed by atoms with Gasteiger partial charge in [0.15, 0.2) is 17.5 Å². The van der Waals surface area contributed by atoms with E-state index in [4.69, 9.17) is 14.0 Å². The third-order valence-corrected chi connectivity index (χ3v) is 6.94. The molecule has 2 fully saturated rings. The van der Waals surface area contributed by atoms with Gasteiger partial charge < -0.3 is 24.2 Å². The summed E-state index contributed by atoms with van der Waals surface area (Å²) in [4.78, 5) is 0. The van der Waals surface area contributed by atoms with Crippen LogP contribution in [0.25, 0.3) is 11.3 Å². The molecule has 0 spiro atoms. The zero-order valence-electron chi connectivity index (χ0n) is 19.1. The number of methoxy groups -OCH3 is 1. The van der Waals surface area contributed by atoms with Gasteiger partial charge in [-0.1, -0.05) is 17.3 Å². The fraction of sp³-hybridized carbons (Fsp3) is 0.522. The quantitative estimate of drug-likeness (QED) is 0.481. The van der Waals surface area contributed by atoms with Crippen molar-refractivity contribution in [3.63, 3.8) is 0 Å². The Hall–Kier alpha value is -2.80. The SMILES string of the molecule is CO[C@@H]1[C@@H](n2cc(-c3ccc(F)c(F)c3F)nn2)[C@@H](O)[C@@H](CO)O[C@@H]1Cc1cc(C2(C)CC2)no1. The number of aliphatic hydroxyl groups excluding tert-OH is 2. The molecule has 1 aliphatic carbocycles. The van der Waals surface area contributed by atoms with E-state index in [1.165, 1.54) is 18.0 Å². The van der Waals surface area contributed by atoms with Gasteiger partial charge in [0.25, 0.3) is 0 Å². The van der Waals surface area contributed by atoms with Gasteiger partial charge in [-0.05, 0) is 25.0 Å². The molecule has 2 N–H and O–H groups in total. The van der Waals surface area contributed by atoms with E-state index in [0.717, 1.165) is 30.7 Å². The van der Waals surface area contributed by atoms with Crippen LogP contribution in [0.1, 0.15) is 37.3 Å². The van der Waals surface area contributed by atoms with E-state index in [9.17, 15) is 23.4 Å². The summed E-state index contributed by atoms with van der Waals surface area (Å²) in [5, 5.41) is 32.8. The third-order valence-electron chi connectivity index (χ3n) is 6.94. The molecule has 3 aromatic rings. The van der Waals surface area contributed by atoms with Crippen molar-refractivity contribution in [3.8, 4) is 11.3 Å². The van der Waals surface area contributed by atoms with E-state index < -0.39 is 54.5 Å². The maximum Gasteiger partial charge on any atom is 0.195 e. The van der Waals surface area contributed by atoms with Crippen molar-refractivity contribution in [1.29, 1.82) is 0 Å². The van der Waals surface area contributed by atoms with Crippen LogP contribution in [-0.4, -0.2) is 68.5 Å². The lowest BCUT2D eigenvalue weighted by molar-refractivity contribution is -0.212. The first-order chi connectivity index (χ1) is 16.8. The number of hydrogen-bond acceptors (Lipinski definition) is 8. The van der Waals surface area contributed by atoms with Crippen molar-refractivity contribution >= 4 is 0 Å². The average Bonchev–Trinajstić information content (AvgIpc) is 3.23. The van der Waals surface area contributed by atoms with Crippen molar-refractivity contribution in [3.05, 3.63) is 53.3 Å². The second-order valence-electron chi connectivity index (χ2n) is 9.33. The van der Waals surface area contributed by atoms with Crippen LogP contribution in [0.3, 0.4) is 0 Å². The second-order valence-corrected chi connectivity index (χ2v) is 9.33. The topological polar surface area (TPSA) is 116 Å². The van der Waals surface area contributed by atoms with Crippen LogP contribution in [0.2, 0.25) is 0 Å². The number of benzene rings is 1. The second kappa shape index (κ2) is 9.01. The number of hydrogen-bond donors (Lipinski definition) is 2. The Balaban J connectivity index is 1.44. The highest BCUT2D eigenvalue weighted by Gasteiger charge is 2.48. The minimum Gasteiger partial charge on any atom is -0.394 e. The largest absolute Gasteiger partial charge is 0.394 e. The van der Waals surface area contributed by atoms with Crippen molar-refractivity contribution < 1.29 is 37.4 Å². The molecule has 2 aromatic heterocycles. The third kappa shape index (κ3) is 4.24. The maximum absolute atomic E-state index is 14.3. The molecule has 0 bridgehead atoms. The van der Waals surface area contributed by atoms with Crippen LogP contribution in [-0.2, 0) is 21.3 Å². The summed E-state index contributed by atoms with van der Waals surface area (Å²) in [6.07, 6.45) is -0.0589. The summed E-state index contributed by atoms with van der Waals surface area (Å²) in [5.74, 6) is -3.78. The summed E-state index contributed by atoms with van der Waals surface area (Å²) in [6, 6.07) is 2.82. The Morgan fingerprint density at radius 1 is 1.20 bits per heavy atom. The molecule has 0 radical (unpaired) electrons. The van der Waals surface area contributed by atoms with Crippen molar-refractivity contribution in [2.75, 3.05) is 13.7 Å². The molecular formula is C23H25F3N4O5. The predicted molar refractivity (Wildman–Crippen MR) is 114 cm³/mol. The standard InChI is InChI=1S/C23H25F3N4O5/c1-23(5-6-23)17-8-11(35-28-17)7-15-22(33-2)20(21(32)16(10-31)34-15)30-9-14(27-29-30)12-3-4-13(24)19(26)18(12)25/h3-4,8-9,15-16,20-22,31-32H,5-7,10H2,1-2H3/t15-,16-,20+,21+,22+/m1/s1. The normalized spacial score (nSPS) is 27.8. The highest BCUT2D eigenvalue weighted by molar-refractivity contribution is 5.58. The van der Waals surface area contributed by atoms with Crippen LogP contribution in [0.15, 0.2) is 28.9 Å². The number of ether oxygens (including phenoxy) is 2. The van der Waals surface area contributed by atoms with Gasteiger partial charge in [-0.3, -0.25) is 0 Å². The molecule has 2 aliphatic rings. The maximum atomic E-state index is 14.3. The number of nitrogens with zero attached hydrogens (tertiary/aromatic N) is 4. The number of aliphatic hydroxyl groups is 2. The molecular weight excluding hydrogens is 469 g/mol. The summed E-state index contributed by atoms with van der Waals surface area (Å²) >= 11 is 0. The molecule has 1 saturated heterocycles. The van der Waals surface area contributed by atoms with Crippen LogP contribution in [0.5, 0.6) is 0 Å². The molecule has 9 nitrogen and oxygen atoms in total. The lowest BCUT2D eigenvalue weighted by atomic mass is 9.90. The van der Waals surface area contributed by atoms with E-state index in [0.29, 0.717) is 5.76 Å². The van der Waals surface area contributed by atoms with Gasteiger partial charge in [0.1, 0.15) is 35.8 Å². The van der Waals surface area contributed by atoms with Gasteiger partial charge in [0.2, 0.25) is 0 Å². The summed E-state index contributed by atoms with van der Waals surface area (Å²) in [7, 11) is 1.43. The smallest absolute Gasteiger partial charge is 0.195 e. The highest BCUT2D eigenvalue weighted by Crippen LogP contribution is 2.47. The molecule has 0 amide bonds. The molecule has 1 aromatic carbocycles. The lowest BCUT2D eigenvalue weighted by Crippen LogP contribution is -2.57. The Labute approximate surface area is 198 Å². The van der Waals surface area contributed by atoms with Gasteiger partial charge >= 0.3 is 0 Å². The first-order valence-corrected chi connectivity index (χ1v) is 11.2. The van der Waals surface area contributed by atoms with Crippen molar-refractivity contribution in [2.45, 2.75) is 62.1 Å². The minimum absolute atomic E-state index is 0.0222. The van der Waals surface area contributed by atoms with E-state index in [-0.39, 0.29) is 23.1 Å². The van der Waals surface area contributed by atoms with Crippen LogP contribution in [0.4, 0.5) is 13.2 Å². The molecule has 0 unspecified atom stereocenters. The minimum atomic E-state index is -1.62. The first-order valence-electron chi connectivity index (χ1n) is 11.2. The van der Waals surface area contributed by atoms with Crippen molar-refractivity contribution in [2.24, 2.45) is 0 Å². The van der Waals surface area contributed by atoms with Gasteiger partial charge in [0.05, 0.1) is 24.6 Å². The average molecular weight is 494 g/mol. The van der Waals surface area contributed by atoms with E-state index in [2.05, 4.69) is 22.4 Å². The van der Waals surface area contributed by atoms with Gasteiger partial charge in [-0.15, -0.1) is 5.10 Å². The summed E-state index contributed by atoms with van der Waals surface area (Å²) in [5.41, 5.74) is 0.532. The number of halogens is 3. The highest BCUT2D eigenvalue weighted by atomic mass is 19.2. The van der Waals surface area contributed by atoms with E-state index >= 15 is 0 Å². The van der Waals surface area contributed by atoms with Gasteiger partial charge in [-0.2, -0.15) is 0 Å². The zero-order valence-corrected chi connectivity index (χ0v) is 19.1. The monoisotopic (exact) mass is 494 g/mol. The van der Waals surface area contributed by atoms with E-state index in [1.54, 1.807) is 0 Å². The molecule has 5 atom stereocenters. The van der Waals surface area contributed by atoms with Gasteiger partial charge in [0, 0.05) is 30.6 Å². The fourth-order valence-corrected chi connectivity index (χ4v) is 4.54. The summed E-state index contributed by atoms with van der Waals surface area (Å²) in [6.45, 7) is 1.62. The van der Waals surface area contributed by atoms with E-state index in [1.807, 2.05) is 6.07 Å². The molecule has 1 saturated carbocycles. The first kappa shape index (κ1) is 23.9. The Morgan fingerprint density at radius 3 is 2.66 bits per heavy atom. The van der Waals surface area contributed by atoms with Crippen LogP contribution < -0.4 is 0 Å². The van der Waals surface area contributed by atoms with Crippen molar-refractivity contribution in [1.82, 2.24) is 20.2 Å².